The lowest BCUT2D eigenvalue weighted by Gasteiger charge is -2.03. The molecule has 0 aliphatic carbocycles. The van der Waals surface area contributed by atoms with Crippen LogP contribution < -0.4 is 0 Å². The van der Waals surface area contributed by atoms with Crippen molar-refractivity contribution in [1.82, 2.24) is 9.78 Å². The molecule has 3 aromatic rings. The third-order valence-electron chi connectivity index (χ3n) is 3.60. The van der Waals surface area contributed by atoms with Crippen molar-refractivity contribution in [3.8, 4) is 5.69 Å². The molecule has 0 spiro atoms. The minimum atomic E-state index is -0.886. The quantitative estimate of drug-likeness (QED) is 0.359. The van der Waals surface area contributed by atoms with Crippen molar-refractivity contribution >= 4 is 44.2 Å². The number of hydrogen-bond donors (Lipinski definition) is 0. The molecule has 0 aliphatic rings. The largest absolute Gasteiger partial charge is 0.464 e. The molecule has 0 atom stereocenters. The molecule has 11 heteroatoms. The normalized spacial score (nSPS) is 10.7. The summed E-state index contributed by atoms with van der Waals surface area (Å²) < 4.78 is 6.66. The molecular weight excluding hydrogens is 412 g/mol. The molecule has 0 saturated heterocycles. The zero-order valence-electron chi connectivity index (χ0n) is 13.1. The molecule has 2 aromatic carbocycles. The number of hydrogen-bond acceptors (Lipinski definition) is 7. The van der Waals surface area contributed by atoms with E-state index in [1.807, 2.05) is 0 Å². The highest BCUT2D eigenvalue weighted by atomic mass is 79.9. The van der Waals surface area contributed by atoms with Gasteiger partial charge in [-0.05, 0) is 24.3 Å². The van der Waals surface area contributed by atoms with Gasteiger partial charge >= 0.3 is 5.97 Å². The molecule has 1 heterocycles. The van der Waals surface area contributed by atoms with Crippen molar-refractivity contribution in [3.05, 3.63) is 66.8 Å². The Morgan fingerprint density at radius 2 is 1.81 bits per heavy atom. The molecule has 0 saturated carbocycles. The molecule has 3 rings (SSSR count). The Hall–Kier alpha value is -3.34. The van der Waals surface area contributed by atoms with Crippen molar-refractivity contribution in [1.29, 1.82) is 0 Å². The Balaban J connectivity index is 2.45. The van der Waals surface area contributed by atoms with E-state index in [-0.39, 0.29) is 16.6 Å². The summed E-state index contributed by atoms with van der Waals surface area (Å²) >= 11 is 3.29. The molecule has 132 valence electrons. The number of esters is 1. The van der Waals surface area contributed by atoms with E-state index in [9.17, 15) is 25.0 Å². The number of benzene rings is 2. The third-order valence-corrected chi connectivity index (χ3v) is 4.13. The minimum Gasteiger partial charge on any atom is -0.464 e. The summed E-state index contributed by atoms with van der Waals surface area (Å²) in [7, 11) is 1.12. The van der Waals surface area contributed by atoms with Crippen LogP contribution in [0, 0.1) is 20.2 Å². The Kier molecular flexibility index (Phi) is 4.38. The molecule has 0 fully saturated rings. The number of non-ortho nitro benzene ring substituents is 2. The first kappa shape index (κ1) is 17.5. The molecule has 26 heavy (non-hydrogen) atoms. The van der Waals surface area contributed by atoms with Crippen LogP contribution in [0.3, 0.4) is 0 Å². The van der Waals surface area contributed by atoms with Gasteiger partial charge in [-0.15, -0.1) is 0 Å². The maximum absolute atomic E-state index is 12.1. The predicted molar refractivity (Wildman–Crippen MR) is 93.4 cm³/mol. The standard InChI is InChI=1S/C15H9BrN4O6/c1-26-15(21)14-13-11(6-10(19(22)23)7-12(13)20(24)25)18(17-14)9-4-2-8(16)3-5-9/h2-7H,1H3. The lowest BCUT2D eigenvalue weighted by molar-refractivity contribution is -0.393. The fraction of sp³-hybridized carbons (Fsp3) is 0.0667. The summed E-state index contributed by atoms with van der Waals surface area (Å²) in [5.41, 5.74) is -0.874. The maximum Gasteiger partial charge on any atom is 0.359 e. The van der Waals surface area contributed by atoms with Gasteiger partial charge in [0.25, 0.3) is 11.4 Å². The summed E-state index contributed by atoms with van der Waals surface area (Å²) in [6.07, 6.45) is 0. The van der Waals surface area contributed by atoms with Crippen molar-refractivity contribution in [2.75, 3.05) is 7.11 Å². The van der Waals surface area contributed by atoms with Gasteiger partial charge in [0.1, 0.15) is 5.39 Å². The van der Waals surface area contributed by atoms with Crippen LogP contribution in [0.15, 0.2) is 40.9 Å². The summed E-state index contributed by atoms with van der Waals surface area (Å²) in [6.45, 7) is 0. The molecular formula is C15H9BrN4O6. The number of methoxy groups -OCH3 is 1. The van der Waals surface area contributed by atoms with E-state index in [2.05, 4.69) is 25.8 Å². The molecule has 10 nitrogen and oxygen atoms in total. The number of rotatable bonds is 4. The number of nitro benzene ring substituents is 2. The topological polar surface area (TPSA) is 130 Å². The number of halogens is 1. The van der Waals surface area contributed by atoms with E-state index in [0.29, 0.717) is 5.69 Å². The van der Waals surface area contributed by atoms with E-state index in [4.69, 9.17) is 0 Å². The van der Waals surface area contributed by atoms with E-state index < -0.39 is 27.2 Å². The van der Waals surface area contributed by atoms with Crippen LogP contribution in [0.4, 0.5) is 11.4 Å². The van der Waals surface area contributed by atoms with Gasteiger partial charge in [0.2, 0.25) is 0 Å². The van der Waals surface area contributed by atoms with Gasteiger partial charge in [-0.2, -0.15) is 5.10 Å². The van der Waals surface area contributed by atoms with Gasteiger partial charge in [-0.25, -0.2) is 9.48 Å². The molecule has 0 aliphatic heterocycles. The number of aromatic nitrogens is 2. The monoisotopic (exact) mass is 420 g/mol. The van der Waals surface area contributed by atoms with Crippen LogP contribution in [-0.2, 0) is 4.74 Å². The van der Waals surface area contributed by atoms with E-state index in [1.54, 1.807) is 24.3 Å². The highest BCUT2D eigenvalue weighted by molar-refractivity contribution is 9.10. The fourth-order valence-corrected chi connectivity index (χ4v) is 2.74. The van der Waals surface area contributed by atoms with Crippen molar-refractivity contribution in [2.24, 2.45) is 0 Å². The smallest absolute Gasteiger partial charge is 0.359 e. The second-order valence-electron chi connectivity index (χ2n) is 5.10. The van der Waals surface area contributed by atoms with Crippen molar-refractivity contribution in [3.63, 3.8) is 0 Å². The number of carbonyl (C=O) groups excluding carboxylic acids is 1. The first-order valence-corrected chi connectivity index (χ1v) is 7.82. The predicted octanol–water partition coefficient (Wildman–Crippen LogP) is 3.39. The van der Waals surface area contributed by atoms with E-state index in [1.165, 1.54) is 4.68 Å². The van der Waals surface area contributed by atoms with E-state index in [0.717, 1.165) is 23.7 Å². The zero-order chi connectivity index (χ0) is 19.0. The van der Waals surface area contributed by atoms with Gasteiger partial charge in [-0.3, -0.25) is 20.2 Å². The van der Waals surface area contributed by atoms with Gasteiger partial charge in [0, 0.05) is 10.5 Å². The lowest BCUT2D eigenvalue weighted by atomic mass is 10.1. The SMILES string of the molecule is COC(=O)c1nn(-c2ccc(Br)cc2)c2cc([N+](=O)[O-])cc([N+](=O)[O-])c12. The first-order chi connectivity index (χ1) is 12.3. The number of nitro groups is 2. The first-order valence-electron chi connectivity index (χ1n) is 7.03. The van der Waals surface area contributed by atoms with Gasteiger partial charge in [0.05, 0.1) is 34.2 Å². The van der Waals surface area contributed by atoms with Crippen LogP contribution in [0.5, 0.6) is 0 Å². The Morgan fingerprint density at radius 3 is 2.35 bits per heavy atom. The average Bonchev–Trinajstić information content (AvgIpc) is 3.00. The number of carbonyl (C=O) groups is 1. The Labute approximate surface area is 153 Å². The number of nitrogens with zero attached hydrogens (tertiary/aromatic N) is 4. The zero-order valence-corrected chi connectivity index (χ0v) is 14.7. The molecule has 0 radical (unpaired) electrons. The third kappa shape index (κ3) is 2.88. The second kappa shape index (κ2) is 6.52. The molecule has 1 aromatic heterocycles. The highest BCUT2D eigenvalue weighted by Gasteiger charge is 2.29. The molecule has 0 unspecified atom stereocenters. The maximum atomic E-state index is 12.1. The number of fused-ring (bicyclic) bond motifs is 1. The van der Waals surface area contributed by atoms with Crippen LogP contribution in [0.2, 0.25) is 0 Å². The minimum absolute atomic E-state index is 0.0497. The van der Waals surface area contributed by atoms with Crippen LogP contribution >= 0.6 is 15.9 Å². The molecule has 0 bridgehead atoms. The molecule has 0 N–H and O–H groups in total. The fourth-order valence-electron chi connectivity index (χ4n) is 2.48. The second-order valence-corrected chi connectivity index (χ2v) is 6.02. The van der Waals surface area contributed by atoms with Gasteiger partial charge < -0.3 is 4.74 Å². The van der Waals surface area contributed by atoms with E-state index >= 15 is 0 Å². The van der Waals surface area contributed by atoms with Crippen molar-refractivity contribution in [2.45, 2.75) is 0 Å². The van der Waals surface area contributed by atoms with Crippen LogP contribution in [0.25, 0.3) is 16.6 Å². The van der Waals surface area contributed by atoms with Crippen LogP contribution in [-0.4, -0.2) is 32.7 Å². The van der Waals surface area contributed by atoms with Crippen LogP contribution in [0.1, 0.15) is 10.5 Å². The summed E-state index contributed by atoms with van der Waals surface area (Å²) in [5.74, 6) is -0.886. The number of ether oxygens (including phenoxy) is 1. The average molecular weight is 421 g/mol. The summed E-state index contributed by atoms with van der Waals surface area (Å²) in [5, 5.41) is 26.6. The lowest BCUT2D eigenvalue weighted by Crippen LogP contribution is -2.04. The highest BCUT2D eigenvalue weighted by Crippen LogP contribution is 2.35. The van der Waals surface area contributed by atoms with Gasteiger partial charge in [0.15, 0.2) is 5.69 Å². The van der Waals surface area contributed by atoms with Gasteiger partial charge in [-0.1, -0.05) is 15.9 Å². The summed E-state index contributed by atoms with van der Waals surface area (Å²) in [4.78, 5) is 33.1. The van der Waals surface area contributed by atoms with Crippen molar-refractivity contribution < 1.29 is 19.4 Å². The molecule has 0 amide bonds. The summed E-state index contributed by atoms with van der Waals surface area (Å²) in [6, 6.07) is 8.61. The Bertz CT molecular complexity index is 1060. The Morgan fingerprint density at radius 1 is 1.15 bits per heavy atom.